The van der Waals surface area contributed by atoms with Gasteiger partial charge in [-0.05, 0) is 49.1 Å². The number of likely N-dealkylation sites (N-methyl/N-ethyl adjacent to an activating group) is 1. The number of H-pyrrole nitrogens is 2. The third-order valence-corrected chi connectivity index (χ3v) is 11.4. The molecule has 2 aromatic carbocycles. The van der Waals surface area contributed by atoms with E-state index in [1.807, 2.05) is 31.2 Å². The van der Waals surface area contributed by atoms with Crippen LogP contribution in [0.5, 0.6) is 5.75 Å². The first-order valence-electron chi connectivity index (χ1n) is 19.5. The summed E-state index contributed by atoms with van der Waals surface area (Å²) in [6.45, 7) is 7.90. The van der Waals surface area contributed by atoms with E-state index in [2.05, 4.69) is 53.4 Å². The van der Waals surface area contributed by atoms with E-state index >= 15 is 0 Å². The Hall–Kier alpha value is -7.02. The fourth-order valence-electron chi connectivity index (χ4n) is 7.08. The van der Waals surface area contributed by atoms with Crippen LogP contribution in [0.4, 0.5) is 0 Å². The summed E-state index contributed by atoms with van der Waals surface area (Å²) in [6, 6.07) is 6.82. The molecule has 19 heteroatoms. The minimum Gasteiger partial charge on any atom is -0.496 e. The van der Waals surface area contributed by atoms with Gasteiger partial charge in [-0.1, -0.05) is 37.8 Å². The quantitative estimate of drug-likeness (QED) is 0.116. The number of rotatable bonds is 6. The van der Waals surface area contributed by atoms with Gasteiger partial charge in [0.1, 0.15) is 34.6 Å². The Bertz CT molecular complexity index is 2520. The van der Waals surface area contributed by atoms with E-state index in [9.17, 15) is 33.6 Å². The van der Waals surface area contributed by atoms with Gasteiger partial charge in [-0.15, -0.1) is 11.3 Å². The molecule has 0 fully saturated rings. The first kappa shape index (κ1) is 43.6. The molecule has 61 heavy (non-hydrogen) atoms. The summed E-state index contributed by atoms with van der Waals surface area (Å²) < 4.78 is 5.61. The van der Waals surface area contributed by atoms with Gasteiger partial charge < -0.3 is 51.5 Å². The molecule has 0 saturated carbocycles. The first-order chi connectivity index (χ1) is 29.2. The molecular weight excluding hydrogens is 805 g/mol. The summed E-state index contributed by atoms with van der Waals surface area (Å²) >= 11 is 1.11. The number of aryl methyl sites for hydroxylation is 1. The number of benzene rings is 2. The Morgan fingerprint density at radius 3 is 2.33 bits per heavy atom. The van der Waals surface area contributed by atoms with E-state index in [0.717, 1.165) is 43.8 Å². The predicted octanol–water partition coefficient (Wildman–Crippen LogP) is 1.78. The number of aromatic amines is 2. The second-order valence-corrected chi connectivity index (χ2v) is 15.6. The zero-order valence-corrected chi connectivity index (χ0v) is 35.1. The molecule has 0 aliphatic carbocycles. The van der Waals surface area contributed by atoms with Crippen LogP contribution < -0.4 is 36.6 Å². The number of amides is 7. The zero-order chi connectivity index (χ0) is 44.0. The van der Waals surface area contributed by atoms with Crippen LogP contribution in [0.3, 0.4) is 0 Å². The first-order valence-corrected chi connectivity index (χ1v) is 20.4. The second-order valence-electron chi connectivity index (χ2n) is 14.7. The van der Waals surface area contributed by atoms with Gasteiger partial charge in [-0.3, -0.25) is 33.6 Å². The van der Waals surface area contributed by atoms with Crippen molar-refractivity contribution in [3.05, 3.63) is 93.8 Å². The maximum Gasteiger partial charge on any atom is 0.271 e. The van der Waals surface area contributed by atoms with Crippen LogP contribution >= 0.6 is 11.3 Å². The zero-order valence-electron chi connectivity index (χ0n) is 34.3. The topological polar surface area (TPSA) is 249 Å². The van der Waals surface area contributed by atoms with E-state index in [1.54, 1.807) is 38.4 Å². The van der Waals surface area contributed by atoms with Crippen LogP contribution in [0.1, 0.15) is 58.5 Å². The van der Waals surface area contributed by atoms with E-state index in [1.165, 1.54) is 19.5 Å². The van der Waals surface area contributed by atoms with Gasteiger partial charge in [0.2, 0.25) is 29.5 Å². The Morgan fingerprint density at radius 2 is 1.57 bits per heavy atom. The van der Waals surface area contributed by atoms with Crippen molar-refractivity contribution < 1.29 is 38.3 Å². The normalized spacial score (nSPS) is 20.6. The van der Waals surface area contributed by atoms with Crippen LogP contribution in [0.2, 0.25) is 0 Å². The highest BCUT2D eigenvalue weighted by molar-refractivity contribution is 7.09. The summed E-state index contributed by atoms with van der Waals surface area (Å²) in [7, 11) is 2.87. The van der Waals surface area contributed by atoms with Crippen molar-refractivity contribution in [1.82, 2.24) is 51.8 Å². The number of nitrogens with zero attached hydrogens (tertiary/aromatic N) is 2. The second kappa shape index (κ2) is 18.9. The number of hydrogen-bond donors (Lipinski definition) is 8. The van der Waals surface area contributed by atoms with Crippen LogP contribution in [-0.2, 0) is 41.6 Å². The van der Waals surface area contributed by atoms with Crippen molar-refractivity contribution in [2.24, 2.45) is 0 Å². The number of ether oxygens (including phenoxy) is 1. The third-order valence-electron chi connectivity index (χ3n) is 10.3. The van der Waals surface area contributed by atoms with E-state index in [-0.39, 0.29) is 30.7 Å². The van der Waals surface area contributed by atoms with Crippen LogP contribution in [0.25, 0.3) is 21.8 Å². The summed E-state index contributed by atoms with van der Waals surface area (Å²) in [6.07, 6.45) is 3.53. The van der Waals surface area contributed by atoms with E-state index in [0.29, 0.717) is 21.7 Å². The van der Waals surface area contributed by atoms with Gasteiger partial charge in [0, 0.05) is 59.5 Å². The Balaban J connectivity index is 1.35. The van der Waals surface area contributed by atoms with E-state index < -0.39 is 78.6 Å². The highest BCUT2D eigenvalue weighted by atomic mass is 32.1. The smallest absolute Gasteiger partial charge is 0.271 e. The van der Waals surface area contributed by atoms with Crippen molar-refractivity contribution in [2.75, 3.05) is 27.2 Å². The van der Waals surface area contributed by atoms with Crippen molar-refractivity contribution in [1.29, 1.82) is 0 Å². The molecule has 2 bridgehead atoms. The Morgan fingerprint density at radius 1 is 0.852 bits per heavy atom. The monoisotopic (exact) mass is 852 g/mol. The minimum atomic E-state index is -1.29. The number of hydrogen-bond acceptors (Lipinski definition) is 10. The Labute approximate surface area is 354 Å². The molecule has 0 unspecified atom stereocenters. The maximum atomic E-state index is 14.5. The van der Waals surface area contributed by atoms with Crippen molar-refractivity contribution in [2.45, 2.75) is 64.2 Å². The van der Waals surface area contributed by atoms with Gasteiger partial charge in [0.05, 0.1) is 31.9 Å². The largest absolute Gasteiger partial charge is 0.496 e. The maximum absolute atomic E-state index is 14.5. The Kier molecular flexibility index (Phi) is 13.5. The van der Waals surface area contributed by atoms with Crippen molar-refractivity contribution in [3.8, 4) is 5.75 Å². The van der Waals surface area contributed by atoms with Gasteiger partial charge in [-0.2, -0.15) is 0 Å². The molecule has 0 spiro atoms. The van der Waals surface area contributed by atoms with Gasteiger partial charge in [0.15, 0.2) is 0 Å². The predicted molar refractivity (Wildman–Crippen MR) is 227 cm³/mol. The lowest BCUT2D eigenvalue weighted by molar-refractivity contribution is -0.134. The summed E-state index contributed by atoms with van der Waals surface area (Å²) in [5.74, 6) is -4.34. The number of thiazole rings is 1. The third kappa shape index (κ3) is 10.1. The lowest BCUT2D eigenvalue weighted by atomic mass is 10.0. The number of para-hydroxylation sites is 1. The highest BCUT2D eigenvalue weighted by Gasteiger charge is 2.31. The number of aromatic nitrogens is 3. The van der Waals surface area contributed by atoms with Crippen molar-refractivity contribution >= 4 is 74.5 Å². The number of nitrogens with one attached hydrogen (secondary N) is 8. The van der Waals surface area contributed by atoms with Crippen LogP contribution in [0, 0.1) is 6.92 Å². The standard InChI is InChI=1S/C42H48N10O8S/c1-7-27-38(56)47-23(4)42(59)52(5)19-34(54)46-22(3)41-51-31(20-61-41)40(58)50-30(14-24-16-44-36-21(2)10-8-11-26(24)36)39(57)49-29(37(55)45-18-33(53)48-27)15-25-17-43-28-12-9-13-32(60-6)35(25)28/h8-13,16-17,20,22,27,29-30,43-44H,4,7,14-15,18-19H2,1-3,5-6H3,(H,45,55)(H,46,54)(H,47,56)(H,48,53)(H,49,57)(H,50,58)/t22-,27-,29+,30+/m1/s1. The number of carbonyl (C=O) groups is 7. The summed E-state index contributed by atoms with van der Waals surface area (Å²) in [5.41, 5.74) is 3.57. The van der Waals surface area contributed by atoms with Crippen LogP contribution in [0.15, 0.2) is 66.4 Å². The molecule has 4 heterocycles. The van der Waals surface area contributed by atoms with Crippen molar-refractivity contribution in [3.63, 3.8) is 0 Å². The minimum absolute atomic E-state index is 0.0148. The van der Waals surface area contributed by atoms with Crippen LogP contribution in [-0.4, -0.2) is 107 Å². The molecule has 18 nitrogen and oxygen atoms in total. The average Bonchev–Trinajstić information content (AvgIpc) is 4.00. The number of methoxy groups -OCH3 is 1. The fourth-order valence-corrected chi connectivity index (χ4v) is 7.89. The molecule has 320 valence electrons. The highest BCUT2D eigenvalue weighted by Crippen LogP contribution is 2.30. The number of fused-ring (bicyclic) bond motifs is 4. The molecule has 1 aliphatic heterocycles. The summed E-state index contributed by atoms with van der Waals surface area (Å²) in [4.78, 5) is 107. The molecule has 7 amide bonds. The molecule has 5 aromatic rings. The number of carbonyl (C=O) groups excluding carboxylic acids is 7. The van der Waals surface area contributed by atoms with E-state index in [4.69, 9.17) is 4.74 Å². The molecule has 0 saturated heterocycles. The lowest BCUT2D eigenvalue weighted by Gasteiger charge is -2.24. The fraction of sp³-hybridized carbons (Fsp3) is 0.333. The lowest BCUT2D eigenvalue weighted by Crippen LogP contribution is -2.56. The SMILES string of the molecule is C=C1NC(=O)[C@@H](CC)NC(=O)CNC(=O)[C@H](Cc2c[nH]c3cccc(OC)c23)NC(=O)[C@H](Cc2c[nH]c3c(C)cccc23)NC(=O)c2csc(n2)[C@@H](C)NC(=O)CN(C)C1=O. The molecule has 4 atom stereocenters. The summed E-state index contributed by atoms with van der Waals surface area (Å²) in [5, 5.41) is 19.3. The molecular formula is C42H48N10O8S. The molecule has 6 rings (SSSR count). The molecule has 3 aromatic heterocycles. The molecule has 0 radical (unpaired) electrons. The van der Waals surface area contributed by atoms with Gasteiger partial charge in [-0.25, -0.2) is 4.98 Å². The van der Waals surface area contributed by atoms with Gasteiger partial charge in [0.25, 0.3) is 11.8 Å². The van der Waals surface area contributed by atoms with Gasteiger partial charge >= 0.3 is 0 Å². The molecule has 8 N–H and O–H groups in total. The average molecular weight is 853 g/mol. The molecule has 1 aliphatic rings.